The minimum absolute atomic E-state index is 0.581. The zero-order chi connectivity index (χ0) is 14.0. The molecule has 0 aliphatic carbocycles. The minimum atomic E-state index is -0.599. The Hall–Kier alpha value is -1.03. The molecular weight excluding hydrogens is 326 g/mol. The van der Waals surface area contributed by atoms with Crippen molar-refractivity contribution in [2.45, 2.75) is 12.5 Å². The molecule has 2 aromatic carbocycles. The van der Waals surface area contributed by atoms with Crippen LogP contribution in [0.25, 0.3) is 0 Å². The quantitative estimate of drug-likeness (QED) is 0.902. The first kappa shape index (κ1) is 14.4. The van der Waals surface area contributed by atoms with Crippen molar-refractivity contribution in [2.24, 2.45) is 5.73 Å². The molecule has 0 aliphatic rings. The summed E-state index contributed by atoms with van der Waals surface area (Å²) in [6, 6.07) is 13.6. The fourth-order valence-electron chi connectivity index (χ4n) is 1.95. The highest BCUT2D eigenvalue weighted by Gasteiger charge is 2.24. The van der Waals surface area contributed by atoms with Crippen LogP contribution in [-0.4, -0.2) is 7.11 Å². The van der Waals surface area contributed by atoms with Crippen LogP contribution in [0.4, 0.5) is 0 Å². The van der Waals surface area contributed by atoms with Crippen LogP contribution in [-0.2, 0) is 5.54 Å². The maximum absolute atomic E-state index is 6.47. The van der Waals surface area contributed by atoms with Crippen LogP contribution in [0.2, 0.25) is 5.02 Å². The van der Waals surface area contributed by atoms with E-state index in [1.165, 1.54) is 0 Å². The van der Waals surface area contributed by atoms with Gasteiger partial charge in [0.25, 0.3) is 0 Å². The van der Waals surface area contributed by atoms with Crippen LogP contribution in [0.1, 0.15) is 18.1 Å². The second kappa shape index (κ2) is 5.53. The zero-order valence-electron chi connectivity index (χ0n) is 10.8. The molecule has 0 radical (unpaired) electrons. The molecule has 2 rings (SSSR count). The summed E-state index contributed by atoms with van der Waals surface area (Å²) in [6.45, 7) is 1.97. The van der Waals surface area contributed by atoms with Crippen molar-refractivity contribution in [3.63, 3.8) is 0 Å². The van der Waals surface area contributed by atoms with Crippen LogP contribution in [0.15, 0.2) is 46.9 Å². The van der Waals surface area contributed by atoms with E-state index in [2.05, 4.69) is 15.9 Å². The molecule has 2 aromatic rings. The van der Waals surface area contributed by atoms with Gasteiger partial charge in [-0.2, -0.15) is 0 Å². The number of methoxy groups -OCH3 is 1. The van der Waals surface area contributed by atoms with Crippen molar-refractivity contribution in [3.8, 4) is 5.75 Å². The van der Waals surface area contributed by atoms with Gasteiger partial charge in [0.05, 0.1) is 17.7 Å². The van der Waals surface area contributed by atoms with Gasteiger partial charge in [0.2, 0.25) is 0 Å². The van der Waals surface area contributed by atoms with Crippen LogP contribution >= 0.6 is 27.5 Å². The maximum atomic E-state index is 6.47. The Morgan fingerprint density at radius 3 is 2.26 bits per heavy atom. The Labute approximate surface area is 126 Å². The molecule has 2 nitrogen and oxygen atoms in total. The molecule has 100 valence electrons. The first-order chi connectivity index (χ1) is 8.95. The van der Waals surface area contributed by atoms with Gasteiger partial charge in [0.15, 0.2) is 0 Å². The van der Waals surface area contributed by atoms with Gasteiger partial charge in [0, 0.05) is 4.47 Å². The Bertz CT molecular complexity index is 581. The monoisotopic (exact) mass is 339 g/mol. The highest BCUT2D eigenvalue weighted by atomic mass is 79.9. The van der Waals surface area contributed by atoms with Crippen molar-refractivity contribution in [2.75, 3.05) is 7.11 Å². The molecule has 0 saturated heterocycles. The summed E-state index contributed by atoms with van der Waals surface area (Å²) in [5.74, 6) is 0.632. The van der Waals surface area contributed by atoms with Crippen LogP contribution in [0.3, 0.4) is 0 Å². The fourth-order valence-corrected chi connectivity index (χ4v) is 2.40. The second-order valence-electron chi connectivity index (χ2n) is 4.56. The summed E-state index contributed by atoms with van der Waals surface area (Å²) in [5, 5.41) is 0.581. The molecule has 1 atom stereocenters. The molecule has 1 unspecified atom stereocenters. The molecule has 0 fully saturated rings. The number of halogens is 2. The molecule has 0 heterocycles. The Balaban J connectivity index is 2.46. The molecular formula is C15H15BrClNO. The summed E-state index contributed by atoms with van der Waals surface area (Å²) >= 11 is 9.46. The lowest BCUT2D eigenvalue weighted by atomic mass is 9.86. The maximum Gasteiger partial charge on any atom is 0.137 e. The average Bonchev–Trinajstić information content (AvgIpc) is 2.39. The SMILES string of the molecule is COc1cc(C(C)(N)c2ccc(Br)cc2)ccc1Cl. The lowest BCUT2D eigenvalue weighted by Crippen LogP contribution is -2.34. The van der Waals surface area contributed by atoms with Gasteiger partial charge >= 0.3 is 0 Å². The number of nitrogens with two attached hydrogens (primary N) is 1. The number of benzene rings is 2. The second-order valence-corrected chi connectivity index (χ2v) is 5.88. The summed E-state index contributed by atoms with van der Waals surface area (Å²) in [6.07, 6.45) is 0. The molecule has 4 heteroatoms. The number of hydrogen-bond acceptors (Lipinski definition) is 2. The largest absolute Gasteiger partial charge is 0.495 e. The first-order valence-electron chi connectivity index (χ1n) is 5.84. The fraction of sp³-hybridized carbons (Fsp3) is 0.200. The molecule has 0 bridgehead atoms. The van der Waals surface area contributed by atoms with Crippen molar-refractivity contribution < 1.29 is 4.74 Å². The topological polar surface area (TPSA) is 35.2 Å². The highest BCUT2D eigenvalue weighted by molar-refractivity contribution is 9.10. The van der Waals surface area contributed by atoms with Gasteiger partial charge in [-0.15, -0.1) is 0 Å². The molecule has 2 N–H and O–H groups in total. The molecule has 19 heavy (non-hydrogen) atoms. The van der Waals surface area contributed by atoms with E-state index in [1.54, 1.807) is 13.2 Å². The van der Waals surface area contributed by atoms with Crippen molar-refractivity contribution in [3.05, 3.63) is 63.1 Å². The van der Waals surface area contributed by atoms with E-state index >= 15 is 0 Å². The van der Waals surface area contributed by atoms with Gasteiger partial charge in [0.1, 0.15) is 5.75 Å². The third-order valence-corrected chi connectivity index (χ3v) is 4.04. The Morgan fingerprint density at radius 2 is 1.68 bits per heavy atom. The molecule has 0 saturated carbocycles. The van der Waals surface area contributed by atoms with Crippen molar-refractivity contribution in [1.82, 2.24) is 0 Å². The summed E-state index contributed by atoms with van der Waals surface area (Å²) in [5.41, 5.74) is 7.85. The van der Waals surface area contributed by atoms with E-state index < -0.39 is 5.54 Å². The normalized spacial score (nSPS) is 13.9. The van der Waals surface area contributed by atoms with Crippen LogP contribution in [0.5, 0.6) is 5.75 Å². The summed E-state index contributed by atoms with van der Waals surface area (Å²) in [4.78, 5) is 0. The minimum Gasteiger partial charge on any atom is -0.495 e. The summed E-state index contributed by atoms with van der Waals surface area (Å²) in [7, 11) is 1.60. The molecule has 0 spiro atoms. The van der Waals surface area contributed by atoms with Crippen LogP contribution < -0.4 is 10.5 Å². The zero-order valence-corrected chi connectivity index (χ0v) is 13.1. The third-order valence-electron chi connectivity index (χ3n) is 3.19. The number of ether oxygens (including phenoxy) is 1. The number of hydrogen-bond donors (Lipinski definition) is 1. The Morgan fingerprint density at radius 1 is 1.11 bits per heavy atom. The lowest BCUT2D eigenvalue weighted by molar-refractivity contribution is 0.413. The van der Waals surface area contributed by atoms with Gasteiger partial charge in [-0.05, 0) is 42.3 Å². The predicted octanol–water partition coefficient (Wildman–Crippen LogP) is 4.33. The first-order valence-corrected chi connectivity index (χ1v) is 7.01. The van der Waals surface area contributed by atoms with Gasteiger partial charge in [-0.25, -0.2) is 0 Å². The molecule has 0 aliphatic heterocycles. The Kier molecular flexibility index (Phi) is 4.19. The van der Waals surface area contributed by atoms with E-state index in [0.29, 0.717) is 10.8 Å². The van der Waals surface area contributed by atoms with E-state index in [0.717, 1.165) is 15.6 Å². The van der Waals surface area contributed by atoms with Crippen molar-refractivity contribution >= 4 is 27.5 Å². The molecule has 0 amide bonds. The standard InChI is InChI=1S/C15H15BrClNO/c1-15(18,10-3-6-12(16)7-4-10)11-5-8-13(17)14(9-11)19-2/h3-9H,18H2,1-2H3. The van der Waals surface area contributed by atoms with E-state index in [1.807, 2.05) is 43.3 Å². The van der Waals surface area contributed by atoms with Gasteiger partial charge < -0.3 is 10.5 Å². The van der Waals surface area contributed by atoms with Crippen LogP contribution in [0, 0.1) is 0 Å². The summed E-state index contributed by atoms with van der Waals surface area (Å²) < 4.78 is 6.27. The average molecular weight is 341 g/mol. The smallest absolute Gasteiger partial charge is 0.137 e. The highest BCUT2D eigenvalue weighted by Crippen LogP contribution is 2.33. The number of rotatable bonds is 3. The van der Waals surface area contributed by atoms with Gasteiger partial charge in [-0.3, -0.25) is 0 Å². The van der Waals surface area contributed by atoms with E-state index in [9.17, 15) is 0 Å². The predicted molar refractivity (Wildman–Crippen MR) is 82.8 cm³/mol. The van der Waals surface area contributed by atoms with Crippen molar-refractivity contribution in [1.29, 1.82) is 0 Å². The van der Waals surface area contributed by atoms with Gasteiger partial charge in [-0.1, -0.05) is 45.7 Å². The van der Waals surface area contributed by atoms with E-state index in [4.69, 9.17) is 22.1 Å². The lowest BCUT2D eigenvalue weighted by Gasteiger charge is -2.26. The van der Waals surface area contributed by atoms with E-state index in [-0.39, 0.29) is 0 Å². The molecule has 0 aromatic heterocycles. The third kappa shape index (κ3) is 2.94.